The third-order valence-corrected chi connectivity index (χ3v) is 0.842. The molecular formula is C7H9NO. The zero-order valence-electron chi connectivity index (χ0n) is 5.37. The van der Waals surface area contributed by atoms with Crippen LogP contribution in [0.4, 0.5) is 0 Å². The molecule has 2 heteroatoms. The molecule has 0 aliphatic heterocycles. The molecule has 2 nitrogen and oxygen atoms in total. The van der Waals surface area contributed by atoms with Gasteiger partial charge in [-0.1, -0.05) is 6.08 Å². The van der Waals surface area contributed by atoms with E-state index in [1.54, 1.807) is 19.1 Å². The highest BCUT2D eigenvalue weighted by molar-refractivity contribution is 5.77. The SMILES string of the molecule is C=N/C=C\C(C=O)=C/C. The van der Waals surface area contributed by atoms with Gasteiger partial charge in [-0.05, 0) is 19.7 Å². The summed E-state index contributed by atoms with van der Waals surface area (Å²) in [5.41, 5.74) is 0.613. The summed E-state index contributed by atoms with van der Waals surface area (Å²) in [5, 5.41) is 0. The average Bonchev–Trinajstić information content (AvgIpc) is 1.91. The lowest BCUT2D eigenvalue weighted by Gasteiger charge is -1.81. The van der Waals surface area contributed by atoms with Crippen LogP contribution < -0.4 is 0 Å². The van der Waals surface area contributed by atoms with Crippen molar-refractivity contribution in [3.8, 4) is 0 Å². The second kappa shape index (κ2) is 4.97. The highest BCUT2D eigenvalue weighted by atomic mass is 16.1. The summed E-state index contributed by atoms with van der Waals surface area (Å²) in [7, 11) is 0. The van der Waals surface area contributed by atoms with Crippen LogP contribution in [-0.4, -0.2) is 13.0 Å². The molecule has 0 saturated carbocycles. The number of carbonyl (C=O) groups excluding carboxylic acids is 1. The maximum atomic E-state index is 10.1. The number of nitrogens with zero attached hydrogens (tertiary/aromatic N) is 1. The number of hydrogen-bond acceptors (Lipinski definition) is 2. The summed E-state index contributed by atoms with van der Waals surface area (Å²) in [4.78, 5) is 13.5. The van der Waals surface area contributed by atoms with E-state index in [2.05, 4.69) is 11.7 Å². The fraction of sp³-hybridized carbons (Fsp3) is 0.143. The largest absolute Gasteiger partial charge is 0.298 e. The molecule has 0 aliphatic carbocycles. The molecule has 0 amide bonds. The minimum absolute atomic E-state index is 0.613. The Hall–Kier alpha value is -1.18. The molecule has 0 saturated heterocycles. The third-order valence-electron chi connectivity index (χ3n) is 0.842. The van der Waals surface area contributed by atoms with Crippen molar-refractivity contribution in [1.82, 2.24) is 0 Å². The highest BCUT2D eigenvalue weighted by Gasteiger charge is 1.80. The van der Waals surface area contributed by atoms with Gasteiger partial charge in [0.15, 0.2) is 0 Å². The van der Waals surface area contributed by atoms with E-state index in [0.717, 1.165) is 6.29 Å². The number of carbonyl (C=O) groups is 1. The molecule has 0 N–H and O–H groups in total. The normalized spacial score (nSPS) is 11.9. The Kier molecular flexibility index (Phi) is 4.32. The second-order valence-corrected chi connectivity index (χ2v) is 1.40. The zero-order chi connectivity index (χ0) is 7.11. The summed E-state index contributed by atoms with van der Waals surface area (Å²) in [6.07, 6.45) is 5.54. The van der Waals surface area contributed by atoms with Gasteiger partial charge >= 0.3 is 0 Å². The topological polar surface area (TPSA) is 29.4 Å². The smallest absolute Gasteiger partial charge is 0.149 e. The minimum atomic E-state index is 0.613. The molecular weight excluding hydrogens is 114 g/mol. The molecule has 9 heavy (non-hydrogen) atoms. The van der Waals surface area contributed by atoms with Crippen molar-refractivity contribution >= 4 is 13.0 Å². The molecule has 0 atom stereocenters. The van der Waals surface area contributed by atoms with Gasteiger partial charge in [0.25, 0.3) is 0 Å². The molecule has 0 fully saturated rings. The van der Waals surface area contributed by atoms with E-state index in [4.69, 9.17) is 0 Å². The van der Waals surface area contributed by atoms with Crippen LogP contribution in [0.3, 0.4) is 0 Å². The molecule has 0 unspecified atom stereocenters. The first kappa shape index (κ1) is 7.82. The molecule has 0 rings (SSSR count). The van der Waals surface area contributed by atoms with Crippen molar-refractivity contribution in [2.75, 3.05) is 0 Å². The van der Waals surface area contributed by atoms with Crippen LogP contribution in [0.2, 0.25) is 0 Å². The Balaban J connectivity index is 3.99. The van der Waals surface area contributed by atoms with Crippen LogP contribution in [0.15, 0.2) is 28.9 Å². The molecule has 0 bridgehead atoms. The zero-order valence-corrected chi connectivity index (χ0v) is 5.37. The predicted octanol–water partition coefficient (Wildman–Crippen LogP) is 1.35. The van der Waals surface area contributed by atoms with E-state index < -0.39 is 0 Å². The molecule has 0 aromatic heterocycles. The quantitative estimate of drug-likeness (QED) is 0.241. The van der Waals surface area contributed by atoms with Gasteiger partial charge in [0, 0.05) is 11.8 Å². The van der Waals surface area contributed by atoms with Crippen molar-refractivity contribution in [2.45, 2.75) is 6.92 Å². The Morgan fingerprint density at radius 3 is 2.67 bits per heavy atom. The summed E-state index contributed by atoms with van der Waals surface area (Å²) >= 11 is 0. The van der Waals surface area contributed by atoms with Gasteiger partial charge in [-0.3, -0.25) is 9.79 Å². The van der Waals surface area contributed by atoms with Crippen molar-refractivity contribution < 1.29 is 4.79 Å². The number of rotatable bonds is 3. The lowest BCUT2D eigenvalue weighted by molar-refractivity contribution is -0.104. The number of allylic oxidation sites excluding steroid dienone is 3. The predicted molar refractivity (Wildman–Crippen MR) is 38.5 cm³/mol. The lowest BCUT2D eigenvalue weighted by atomic mass is 10.3. The molecule has 0 aromatic rings. The van der Waals surface area contributed by atoms with Crippen LogP contribution in [0.25, 0.3) is 0 Å². The molecule has 0 heterocycles. The van der Waals surface area contributed by atoms with Crippen LogP contribution in [0.1, 0.15) is 6.92 Å². The third kappa shape index (κ3) is 3.41. The van der Waals surface area contributed by atoms with Crippen molar-refractivity contribution in [1.29, 1.82) is 0 Å². The van der Waals surface area contributed by atoms with E-state index in [1.165, 1.54) is 6.20 Å². The molecule has 0 radical (unpaired) electrons. The van der Waals surface area contributed by atoms with E-state index in [-0.39, 0.29) is 0 Å². The first-order chi connectivity index (χ1) is 4.35. The van der Waals surface area contributed by atoms with E-state index in [0.29, 0.717) is 5.57 Å². The van der Waals surface area contributed by atoms with E-state index in [9.17, 15) is 4.79 Å². The Morgan fingerprint density at radius 2 is 2.33 bits per heavy atom. The molecule has 0 aromatic carbocycles. The van der Waals surface area contributed by atoms with Gasteiger partial charge in [-0.2, -0.15) is 0 Å². The van der Waals surface area contributed by atoms with Crippen LogP contribution in [0, 0.1) is 0 Å². The van der Waals surface area contributed by atoms with Crippen molar-refractivity contribution in [3.05, 3.63) is 23.9 Å². The number of hydrogen-bond donors (Lipinski definition) is 0. The fourth-order valence-corrected chi connectivity index (χ4v) is 0.342. The standard InChI is InChI=1S/C7H9NO/c1-3-7(6-9)4-5-8-2/h3-6H,2H2,1H3/b5-4-,7-3+. The average molecular weight is 123 g/mol. The van der Waals surface area contributed by atoms with Gasteiger partial charge in [0.1, 0.15) is 6.29 Å². The molecule has 0 spiro atoms. The summed E-state index contributed by atoms with van der Waals surface area (Å²) < 4.78 is 0. The van der Waals surface area contributed by atoms with Gasteiger partial charge in [-0.25, -0.2) is 0 Å². The fourth-order valence-electron chi connectivity index (χ4n) is 0.342. The van der Waals surface area contributed by atoms with Gasteiger partial charge in [0.05, 0.1) is 0 Å². The molecule has 48 valence electrons. The summed E-state index contributed by atoms with van der Waals surface area (Å²) in [5.74, 6) is 0. The lowest BCUT2D eigenvalue weighted by Crippen LogP contribution is -1.74. The summed E-state index contributed by atoms with van der Waals surface area (Å²) in [6.45, 7) is 5.01. The summed E-state index contributed by atoms with van der Waals surface area (Å²) in [6, 6.07) is 0. The van der Waals surface area contributed by atoms with Crippen molar-refractivity contribution in [2.24, 2.45) is 4.99 Å². The Labute approximate surface area is 54.6 Å². The Morgan fingerprint density at radius 1 is 1.67 bits per heavy atom. The van der Waals surface area contributed by atoms with Gasteiger partial charge in [0.2, 0.25) is 0 Å². The Bertz CT molecular complexity index is 156. The van der Waals surface area contributed by atoms with E-state index in [1.807, 2.05) is 0 Å². The maximum Gasteiger partial charge on any atom is 0.149 e. The first-order valence-electron chi connectivity index (χ1n) is 2.59. The number of aliphatic imine (C=N–C) groups is 1. The monoisotopic (exact) mass is 123 g/mol. The van der Waals surface area contributed by atoms with Crippen molar-refractivity contribution in [3.63, 3.8) is 0 Å². The van der Waals surface area contributed by atoms with Gasteiger partial charge in [-0.15, -0.1) is 0 Å². The van der Waals surface area contributed by atoms with Crippen LogP contribution in [-0.2, 0) is 4.79 Å². The minimum Gasteiger partial charge on any atom is -0.298 e. The maximum absolute atomic E-state index is 10.1. The molecule has 0 aliphatic rings. The number of aldehydes is 1. The highest BCUT2D eigenvalue weighted by Crippen LogP contribution is 1.90. The van der Waals surface area contributed by atoms with Crippen LogP contribution >= 0.6 is 0 Å². The van der Waals surface area contributed by atoms with E-state index >= 15 is 0 Å². The first-order valence-corrected chi connectivity index (χ1v) is 2.59. The van der Waals surface area contributed by atoms with Crippen LogP contribution in [0.5, 0.6) is 0 Å². The van der Waals surface area contributed by atoms with Gasteiger partial charge < -0.3 is 0 Å². The second-order valence-electron chi connectivity index (χ2n) is 1.40.